The molecule has 0 spiro atoms. The number of nitrogens with zero attached hydrogens (tertiary/aromatic N) is 1. The number of pyridine rings is 1. The molecule has 1 heterocycles. The first-order chi connectivity index (χ1) is 15.7. The number of fused-ring (bicyclic) bond motifs is 1. The highest BCUT2D eigenvalue weighted by molar-refractivity contribution is 7.90. The van der Waals surface area contributed by atoms with E-state index in [9.17, 15) is 8.42 Å². The number of ether oxygens (including phenoxy) is 1. The molecule has 5 nitrogen and oxygen atoms in total. The van der Waals surface area contributed by atoms with Gasteiger partial charge in [-0.2, -0.15) is 0 Å². The van der Waals surface area contributed by atoms with E-state index in [-0.39, 0.29) is 23.5 Å². The van der Waals surface area contributed by atoms with E-state index in [2.05, 4.69) is 16.6 Å². The van der Waals surface area contributed by atoms with Crippen molar-refractivity contribution in [1.29, 1.82) is 0 Å². The number of nitrogens with one attached hydrogen (secondary N) is 1. The van der Waals surface area contributed by atoms with Crippen LogP contribution in [0.15, 0.2) is 82.2 Å². The van der Waals surface area contributed by atoms with Crippen molar-refractivity contribution >= 4 is 44.1 Å². The number of hydrogen-bond donors (Lipinski definition) is 1. The van der Waals surface area contributed by atoms with Gasteiger partial charge in [0.05, 0.1) is 11.7 Å². The van der Waals surface area contributed by atoms with Gasteiger partial charge in [-0.25, -0.2) is 8.42 Å². The van der Waals surface area contributed by atoms with E-state index in [1.54, 1.807) is 12.3 Å². The molecule has 8 heteroatoms. The molecular weight excluding hydrogens is 479 g/mol. The predicted octanol–water partition coefficient (Wildman–Crippen LogP) is 6.18. The summed E-state index contributed by atoms with van der Waals surface area (Å²) in [4.78, 5) is 4.48. The topological polar surface area (TPSA) is 68.3 Å². The third kappa shape index (κ3) is 5.81. The van der Waals surface area contributed by atoms with Crippen molar-refractivity contribution in [3.8, 4) is 5.75 Å². The van der Waals surface area contributed by atoms with Crippen LogP contribution in [0.4, 0.5) is 0 Å². The standard InChI is InChI=1S/C25H26Cl2N2O3S/c1-16-11-20(29-33(30,31)25-10-8-19(26)14-22(25)27)9-7-17(2)24(12-16)32-21-13-18-5-3-4-6-23(18)28-15-21/h3-8,11,13-16,24-25,29H,9-10,12H2,1-2H3. The normalized spacial score (nSPS) is 24.1. The molecule has 2 aliphatic rings. The molecule has 0 aliphatic heterocycles. The Hall–Kier alpha value is -2.28. The summed E-state index contributed by atoms with van der Waals surface area (Å²) in [6.07, 6.45) is 10.2. The highest BCUT2D eigenvalue weighted by Gasteiger charge is 2.31. The largest absolute Gasteiger partial charge is 0.484 e. The summed E-state index contributed by atoms with van der Waals surface area (Å²) in [5.41, 5.74) is 2.61. The monoisotopic (exact) mass is 504 g/mol. The Morgan fingerprint density at radius 2 is 1.97 bits per heavy atom. The number of sulfonamides is 1. The van der Waals surface area contributed by atoms with E-state index in [0.29, 0.717) is 23.6 Å². The second-order valence-electron chi connectivity index (χ2n) is 8.52. The summed E-state index contributed by atoms with van der Waals surface area (Å²) < 4.78 is 35.0. The van der Waals surface area contributed by atoms with Gasteiger partial charge in [0.15, 0.2) is 0 Å². The SMILES string of the molecule is CC1=CCC(NS(=O)(=O)C2CC=C(Cl)C=C2Cl)=CC(C)CC1Oc1cnc2ccccc2c1. The van der Waals surface area contributed by atoms with Crippen LogP contribution in [0.5, 0.6) is 5.75 Å². The molecule has 4 rings (SSSR count). The van der Waals surface area contributed by atoms with E-state index in [1.165, 1.54) is 6.08 Å². The van der Waals surface area contributed by atoms with Crippen molar-refractivity contribution < 1.29 is 13.2 Å². The van der Waals surface area contributed by atoms with Crippen molar-refractivity contribution in [2.45, 2.75) is 44.5 Å². The number of benzene rings is 1. The van der Waals surface area contributed by atoms with Gasteiger partial charge >= 0.3 is 0 Å². The van der Waals surface area contributed by atoms with E-state index in [4.69, 9.17) is 27.9 Å². The zero-order valence-electron chi connectivity index (χ0n) is 18.5. The lowest BCUT2D eigenvalue weighted by atomic mass is 9.94. The average Bonchev–Trinajstić information content (AvgIpc) is 2.75. The third-order valence-electron chi connectivity index (χ3n) is 5.83. The first-order valence-corrected chi connectivity index (χ1v) is 13.1. The average molecular weight is 505 g/mol. The molecule has 0 bridgehead atoms. The molecule has 0 fully saturated rings. The molecule has 1 N–H and O–H groups in total. The van der Waals surface area contributed by atoms with Crippen LogP contribution >= 0.6 is 23.2 Å². The van der Waals surface area contributed by atoms with Gasteiger partial charge < -0.3 is 4.74 Å². The lowest BCUT2D eigenvalue weighted by molar-refractivity contribution is 0.211. The van der Waals surface area contributed by atoms with Gasteiger partial charge in [0.1, 0.15) is 17.1 Å². The molecule has 3 unspecified atom stereocenters. The molecule has 0 amide bonds. The van der Waals surface area contributed by atoms with Crippen LogP contribution in [0.1, 0.15) is 33.1 Å². The summed E-state index contributed by atoms with van der Waals surface area (Å²) in [5.74, 6) is 0.811. The molecule has 0 radical (unpaired) electrons. The summed E-state index contributed by atoms with van der Waals surface area (Å²) in [5, 5.41) is 0.860. The molecule has 2 aliphatic carbocycles. The minimum Gasteiger partial charge on any atom is -0.484 e. The first-order valence-electron chi connectivity index (χ1n) is 10.8. The third-order valence-corrected chi connectivity index (χ3v) is 8.33. The van der Waals surface area contributed by atoms with Crippen LogP contribution in [0.3, 0.4) is 0 Å². The number of hydrogen-bond acceptors (Lipinski definition) is 4. The van der Waals surface area contributed by atoms with Gasteiger partial charge in [-0.15, -0.1) is 0 Å². The van der Waals surface area contributed by atoms with Gasteiger partial charge in [-0.1, -0.05) is 66.6 Å². The van der Waals surface area contributed by atoms with E-state index in [0.717, 1.165) is 22.2 Å². The van der Waals surface area contributed by atoms with Crippen molar-refractivity contribution in [1.82, 2.24) is 9.71 Å². The van der Waals surface area contributed by atoms with Crippen molar-refractivity contribution in [3.63, 3.8) is 0 Å². The van der Waals surface area contributed by atoms with E-state index >= 15 is 0 Å². The van der Waals surface area contributed by atoms with Crippen LogP contribution in [-0.2, 0) is 10.0 Å². The van der Waals surface area contributed by atoms with Gasteiger partial charge in [-0.05, 0) is 49.5 Å². The maximum atomic E-state index is 13.0. The Balaban J connectivity index is 1.47. The fraction of sp³-hybridized carbons (Fsp3) is 0.320. The van der Waals surface area contributed by atoms with Crippen LogP contribution in [0, 0.1) is 5.92 Å². The van der Waals surface area contributed by atoms with Crippen LogP contribution in [0.25, 0.3) is 10.9 Å². The zero-order valence-corrected chi connectivity index (χ0v) is 20.8. The Kier molecular flexibility index (Phi) is 7.17. The van der Waals surface area contributed by atoms with Gasteiger partial charge in [0.2, 0.25) is 10.0 Å². The molecule has 1 aromatic heterocycles. The van der Waals surface area contributed by atoms with Gasteiger partial charge in [0.25, 0.3) is 0 Å². The highest BCUT2D eigenvalue weighted by Crippen LogP contribution is 2.30. The van der Waals surface area contributed by atoms with Crippen molar-refractivity contribution in [2.24, 2.45) is 5.92 Å². The minimum absolute atomic E-state index is 0.0940. The predicted molar refractivity (Wildman–Crippen MR) is 135 cm³/mol. The number of aromatic nitrogens is 1. The molecule has 174 valence electrons. The second kappa shape index (κ2) is 9.92. The van der Waals surface area contributed by atoms with E-state index in [1.807, 2.05) is 49.4 Å². The summed E-state index contributed by atoms with van der Waals surface area (Å²) in [7, 11) is -3.70. The lowest BCUT2D eigenvalue weighted by Gasteiger charge is -2.26. The molecule has 0 saturated heterocycles. The fourth-order valence-electron chi connectivity index (χ4n) is 4.05. The molecule has 0 saturated carbocycles. The zero-order chi connectivity index (χ0) is 23.6. The second-order valence-corrected chi connectivity index (χ2v) is 11.3. The van der Waals surface area contributed by atoms with Crippen LogP contribution < -0.4 is 9.46 Å². The maximum absolute atomic E-state index is 13.0. The van der Waals surface area contributed by atoms with Gasteiger partial charge in [0, 0.05) is 27.6 Å². The Morgan fingerprint density at radius 3 is 2.76 bits per heavy atom. The molecule has 33 heavy (non-hydrogen) atoms. The van der Waals surface area contributed by atoms with E-state index < -0.39 is 15.3 Å². The Morgan fingerprint density at radius 1 is 1.18 bits per heavy atom. The van der Waals surface area contributed by atoms with Crippen molar-refractivity contribution in [2.75, 3.05) is 0 Å². The minimum atomic E-state index is -3.70. The smallest absolute Gasteiger partial charge is 0.240 e. The molecule has 1 aromatic carbocycles. The van der Waals surface area contributed by atoms with Gasteiger partial charge in [-0.3, -0.25) is 9.71 Å². The fourth-order valence-corrected chi connectivity index (χ4v) is 6.24. The first kappa shape index (κ1) is 23.9. The number of halogens is 2. The van der Waals surface area contributed by atoms with Crippen molar-refractivity contribution in [3.05, 3.63) is 82.2 Å². The maximum Gasteiger partial charge on any atom is 0.240 e. The summed E-state index contributed by atoms with van der Waals surface area (Å²) >= 11 is 12.1. The Labute approximate surface area is 204 Å². The molecule has 3 atom stereocenters. The quantitative estimate of drug-likeness (QED) is 0.493. The summed E-state index contributed by atoms with van der Waals surface area (Å²) in [6.45, 7) is 4.06. The Bertz CT molecular complexity index is 1280. The van der Waals surface area contributed by atoms with Crippen LogP contribution in [0.2, 0.25) is 0 Å². The molecule has 2 aromatic rings. The molecular formula is C25H26Cl2N2O3S. The lowest BCUT2D eigenvalue weighted by Crippen LogP contribution is -2.35. The highest BCUT2D eigenvalue weighted by atomic mass is 35.5. The summed E-state index contributed by atoms with van der Waals surface area (Å²) in [6, 6.07) is 9.91. The number of rotatable bonds is 5. The van der Waals surface area contributed by atoms with Crippen LogP contribution in [-0.4, -0.2) is 24.8 Å². The number of para-hydroxylation sites is 1. The number of allylic oxidation sites excluding steroid dienone is 5.